The Balaban J connectivity index is 3.45. The Morgan fingerprint density at radius 2 is 2.33 bits per heavy atom. The second kappa shape index (κ2) is 4.29. The average molecular weight is 131 g/mol. The number of nitrogens with two attached hydrogens (primary N) is 2. The van der Waals surface area contributed by atoms with Crippen molar-refractivity contribution in [2.45, 2.75) is 12.5 Å². The quantitative estimate of drug-likeness (QED) is 0.432. The van der Waals surface area contributed by atoms with Crippen LogP contribution in [0, 0.1) is 0 Å². The molecule has 0 aromatic heterocycles. The molecule has 0 aliphatic heterocycles. The van der Waals surface area contributed by atoms with Gasteiger partial charge in [-0.25, -0.2) is 0 Å². The van der Waals surface area contributed by atoms with E-state index in [9.17, 15) is 4.79 Å². The number of nitrogens with one attached hydrogen (secondary N) is 1. The van der Waals surface area contributed by atoms with Crippen LogP contribution >= 0.6 is 0 Å². The largest absolute Gasteiger partial charge is 0.358 e. The number of carbonyl (C=O) groups is 1. The maximum Gasteiger partial charge on any atom is 0.236 e. The van der Waals surface area contributed by atoms with Gasteiger partial charge in [0.25, 0.3) is 0 Å². The zero-order valence-corrected chi connectivity index (χ0v) is 5.55. The summed E-state index contributed by atoms with van der Waals surface area (Å²) in [7, 11) is 1.55. The van der Waals surface area contributed by atoms with Gasteiger partial charge in [-0.2, -0.15) is 0 Å². The van der Waals surface area contributed by atoms with Crippen molar-refractivity contribution in [3.63, 3.8) is 0 Å². The lowest BCUT2D eigenvalue weighted by Gasteiger charge is -2.06. The number of amides is 1. The Morgan fingerprint density at radius 1 is 1.78 bits per heavy atom. The summed E-state index contributed by atoms with van der Waals surface area (Å²) in [6, 6.07) is -0.444. The van der Waals surface area contributed by atoms with Crippen LogP contribution in [0.25, 0.3) is 0 Å². The van der Waals surface area contributed by atoms with Gasteiger partial charge in [0.1, 0.15) is 0 Å². The van der Waals surface area contributed by atoms with Gasteiger partial charge in [0, 0.05) is 7.05 Å². The average Bonchev–Trinajstić information content (AvgIpc) is 1.87. The SMILES string of the molecule is CNC(=O)C(N)CCN. The van der Waals surface area contributed by atoms with Gasteiger partial charge in [-0.05, 0) is 13.0 Å². The van der Waals surface area contributed by atoms with Crippen molar-refractivity contribution in [2.75, 3.05) is 13.6 Å². The first-order chi connectivity index (χ1) is 4.22. The van der Waals surface area contributed by atoms with Crippen LogP contribution in [0.3, 0.4) is 0 Å². The number of likely N-dealkylation sites (N-methyl/N-ethyl adjacent to an activating group) is 1. The predicted molar refractivity (Wildman–Crippen MR) is 35.7 cm³/mol. The summed E-state index contributed by atoms with van der Waals surface area (Å²) in [6.45, 7) is 0.453. The normalized spacial score (nSPS) is 12.8. The molecule has 0 aliphatic carbocycles. The summed E-state index contributed by atoms with van der Waals surface area (Å²) >= 11 is 0. The van der Waals surface area contributed by atoms with Crippen molar-refractivity contribution >= 4 is 5.91 Å². The molecule has 1 atom stereocenters. The highest BCUT2D eigenvalue weighted by molar-refractivity contribution is 5.81. The van der Waals surface area contributed by atoms with E-state index in [2.05, 4.69) is 5.32 Å². The Morgan fingerprint density at radius 3 is 2.67 bits per heavy atom. The summed E-state index contributed by atoms with van der Waals surface area (Å²) in [5.41, 5.74) is 10.5. The topological polar surface area (TPSA) is 81.1 Å². The molecule has 0 spiro atoms. The molecule has 0 bridgehead atoms. The number of rotatable bonds is 3. The van der Waals surface area contributed by atoms with E-state index in [-0.39, 0.29) is 5.91 Å². The third-order valence-electron chi connectivity index (χ3n) is 1.06. The Hall–Kier alpha value is -0.610. The third-order valence-corrected chi connectivity index (χ3v) is 1.06. The van der Waals surface area contributed by atoms with Crippen LogP contribution in [0.15, 0.2) is 0 Å². The standard InChI is InChI=1S/C5H13N3O/c1-8-5(9)4(7)2-3-6/h4H,2-3,6-7H2,1H3,(H,8,9). The van der Waals surface area contributed by atoms with Crippen LogP contribution in [-0.4, -0.2) is 25.5 Å². The Labute approximate surface area is 54.6 Å². The van der Waals surface area contributed by atoms with E-state index in [0.717, 1.165) is 0 Å². The highest BCUT2D eigenvalue weighted by atomic mass is 16.2. The molecule has 4 heteroatoms. The van der Waals surface area contributed by atoms with Gasteiger partial charge in [-0.1, -0.05) is 0 Å². The molecule has 1 amide bonds. The van der Waals surface area contributed by atoms with Crippen LogP contribution in [0.4, 0.5) is 0 Å². The number of hydrogen-bond donors (Lipinski definition) is 3. The van der Waals surface area contributed by atoms with Crippen LogP contribution in [0.2, 0.25) is 0 Å². The smallest absolute Gasteiger partial charge is 0.236 e. The second-order valence-corrected chi connectivity index (χ2v) is 1.80. The molecule has 9 heavy (non-hydrogen) atoms. The van der Waals surface area contributed by atoms with E-state index >= 15 is 0 Å². The summed E-state index contributed by atoms with van der Waals surface area (Å²) in [6.07, 6.45) is 0.541. The lowest BCUT2D eigenvalue weighted by Crippen LogP contribution is -2.39. The van der Waals surface area contributed by atoms with Crippen molar-refractivity contribution in [3.05, 3.63) is 0 Å². The van der Waals surface area contributed by atoms with E-state index in [1.54, 1.807) is 7.05 Å². The van der Waals surface area contributed by atoms with Gasteiger partial charge in [0.05, 0.1) is 6.04 Å². The second-order valence-electron chi connectivity index (χ2n) is 1.80. The maximum atomic E-state index is 10.6. The van der Waals surface area contributed by atoms with Gasteiger partial charge in [-0.3, -0.25) is 4.79 Å². The highest BCUT2D eigenvalue weighted by Crippen LogP contribution is 1.82. The molecule has 0 rings (SSSR count). The lowest BCUT2D eigenvalue weighted by atomic mass is 10.2. The minimum absolute atomic E-state index is 0.152. The highest BCUT2D eigenvalue weighted by Gasteiger charge is 2.08. The van der Waals surface area contributed by atoms with Gasteiger partial charge in [-0.15, -0.1) is 0 Å². The van der Waals surface area contributed by atoms with Crippen LogP contribution in [-0.2, 0) is 4.79 Å². The van der Waals surface area contributed by atoms with E-state index < -0.39 is 6.04 Å². The molecule has 0 fully saturated rings. The van der Waals surface area contributed by atoms with E-state index in [0.29, 0.717) is 13.0 Å². The van der Waals surface area contributed by atoms with Gasteiger partial charge in [0.2, 0.25) is 5.91 Å². The minimum atomic E-state index is -0.444. The van der Waals surface area contributed by atoms with Crippen molar-refractivity contribution in [3.8, 4) is 0 Å². The zero-order chi connectivity index (χ0) is 7.28. The summed E-state index contributed by atoms with van der Waals surface area (Å²) < 4.78 is 0. The molecule has 0 heterocycles. The molecule has 54 valence electrons. The van der Waals surface area contributed by atoms with E-state index in [1.807, 2.05) is 0 Å². The van der Waals surface area contributed by atoms with E-state index in [1.165, 1.54) is 0 Å². The van der Waals surface area contributed by atoms with Crippen molar-refractivity contribution < 1.29 is 4.79 Å². The summed E-state index contributed by atoms with van der Waals surface area (Å²) in [5.74, 6) is -0.152. The molecule has 0 aliphatic rings. The van der Waals surface area contributed by atoms with Crippen LogP contribution < -0.4 is 16.8 Å². The first-order valence-corrected chi connectivity index (χ1v) is 2.89. The van der Waals surface area contributed by atoms with Gasteiger partial charge >= 0.3 is 0 Å². The van der Waals surface area contributed by atoms with Crippen LogP contribution in [0.1, 0.15) is 6.42 Å². The van der Waals surface area contributed by atoms with Gasteiger partial charge in [0.15, 0.2) is 0 Å². The molecule has 0 saturated heterocycles. The Kier molecular flexibility index (Phi) is 4.00. The fourth-order valence-electron chi connectivity index (χ4n) is 0.496. The first-order valence-electron chi connectivity index (χ1n) is 2.89. The minimum Gasteiger partial charge on any atom is -0.358 e. The van der Waals surface area contributed by atoms with Crippen molar-refractivity contribution in [1.82, 2.24) is 5.32 Å². The van der Waals surface area contributed by atoms with E-state index in [4.69, 9.17) is 11.5 Å². The molecule has 0 aromatic rings. The lowest BCUT2D eigenvalue weighted by molar-refractivity contribution is -0.121. The number of hydrogen-bond acceptors (Lipinski definition) is 3. The molecule has 4 nitrogen and oxygen atoms in total. The van der Waals surface area contributed by atoms with Crippen LogP contribution in [0.5, 0.6) is 0 Å². The van der Waals surface area contributed by atoms with Gasteiger partial charge < -0.3 is 16.8 Å². The monoisotopic (exact) mass is 131 g/mol. The van der Waals surface area contributed by atoms with Crippen molar-refractivity contribution in [1.29, 1.82) is 0 Å². The van der Waals surface area contributed by atoms with Crippen molar-refractivity contribution in [2.24, 2.45) is 11.5 Å². The summed E-state index contributed by atoms with van der Waals surface area (Å²) in [4.78, 5) is 10.6. The molecular formula is C5H13N3O. The molecule has 0 saturated carbocycles. The maximum absolute atomic E-state index is 10.6. The fourth-order valence-corrected chi connectivity index (χ4v) is 0.496. The zero-order valence-electron chi connectivity index (χ0n) is 5.55. The molecule has 1 unspecified atom stereocenters. The molecule has 5 N–H and O–H groups in total. The fraction of sp³-hybridized carbons (Fsp3) is 0.800. The summed E-state index contributed by atoms with van der Waals surface area (Å²) in [5, 5.41) is 2.43. The first kappa shape index (κ1) is 8.39. The molecular weight excluding hydrogens is 118 g/mol. The predicted octanol–water partition coefficient (Wildman–Crippen LogP) is -1.59. The third kappa shape index (κ3) is 3.05. The Bertz CT molecular complexity index is 94.2. The molecule has 0 radical (unpaired) electrons. The number of carbonyl (C=O) groups excluding carboxylic acids is 1. The molecule has 0 aromatic carbocycles.